The van der Waals surface area contributed by atoms with Gasteiger partial charge in [-0.1, -0.05) is 12.1 Å². The summed E-state index contributed by atoms with van der Waals surface area (Å²) >= 11 is 5.38. The van der Waals surface area contributed by atoms with Crippen LogP contribution >= 0.6 is 11.6 Å². The number of hydrogen-bond acceptors (Lipinski definition) is 6. The maximum atomic E-state index is 12.7. The van der Waals surface area contributed by atoms with Gasteiger partial charge in [-0.3, -0.25) is 9.59 Å². The Morgan fingerprint density at radius 1 is 1.20 bits per heavy atom. The largest absolute Gasteiger partial charge is 0.507 e. The lowest BCUT2D eigenvalue weighted by Crippen LogP contribution is -2.09. The van der Waals surface area contributed by atoms with Crippen LogP contribution in [-0.2, 0) is 4.79 Å². The van der Waals surface area contributed by atoms with Crippen LogP contribution < -0.4 is 14.9 Å². The molecular weight excluding hydrogens is 348 g/mol. The Hall–Kier alpha value is -2.99. The van der Waals surface area contributed by atoms with E-state index in [1.54, 1.807) is 31.4 Å². The summed E-state index contributed by atoms with van der Waals surface area (Å²) in [6.45, 7) is 0. The third-order valence-corrected chi connectivity index (χ3v) is 3.79. The zero-order chi connectivity index (χ0) is 18.0. The van der Waals surface area contributed by atoms with E-state index in [1.165, 1.54) is 18.4 Å². The molecule has 0 amide bonds. The van der Waals surface area contributed by atoms with Crippen LogP contribution in [-0.4, -0.2) is 24.1 Å². The Morgan fingerprint density at radius 3 is 2.56 bits per heavy atom. The Bertz CT molecular complexity index is 991. The van der Waals surface area contributed by atoms with Crippen molar-refractivity contribution in [3.05, 3.63) is 52.9 Å². The van der Waals surface area contributed by atoms with Crippen molar-refractivity contribution in [2.45, 2.75) is 0 Å². The van der Waals surface area contributed by atoms with Gasteiger partial charge in [0.2, 0.25) is 5.43 Å². The number of phenols is 1. The molecule has 3 rings (SSSR count). The van der Waals surface area contributed by atoms with Gasteiger partial charge in [-0.2, -0.15) is 0 Å². The normalized spacial score (nSPS) is 10.6. The van der Waals surface area contributed by atoms with Crippen LogP contribution in [0.25, 0.3) is 22.1 Å². The molecule has 0 spiro atoms. The quantitative estimate of drug-likeness (QED) is 0.436. The standard InChI is InChI=1S/C18H13ClO6/c1-23-11-4-2-10(3-5-11)13-9-24-15-7-12(25-16(21)8-19)6-14(20)17(15)18(13)22/h2-7,9,20H,8H2,1H3. The van der Waals surface area contributed by atoms with Crippen molar-refractivity contribution in [1.82, 2.24) is 0 Å². The zero-order valence-corrected chi connectivity index (χ0v) is 13.9. The number of hydrogen-bond donors (Lipinski definition) is 1. The number of methoxy groups -OCH3 is 1. The highest BCUT2D eigenvalue weighted by Crippen LogP contribution is 2.30. The van der Waals surface area contributed by atoms with E-state index in [0.717, 1.165) is 0 Å². The van der Waals surface area contributed by atoms with Crippen molar-refractivity contribution in [2.24, 2.45) is 0 Å². The monoisotopic (exact) mass is 360 g/mol. The second kappa shape index (κ2) is 6.86. The first-order chi connectivity index (χ1) is 12.0. The number of alkyl halides is 1. The van der Waals surface area contributed by atoms with Gasteiger partial charge in [0.05, 0.1) is 12.7 Å². The molecule has 128 valence electrons. The van der Waals surface area contributed by atoms with Gasteiger partial charge in [0, 0.05) is 12.1 Å². The van der Waals surface area contributed by atoms with Crippen LogP contribution in [0.1, 0.15) is 0 Å². The maximum absolute atomic E-state index is 12.7. The Morgan fingerprint density at radius 2 is 1.92 bits per heavy atom. The summed E-state index contributed by atoms with van der Waals surface area (Å²) in [4.78, 5) is 24.0. The van der Waals surface area contributed by atoms with E-state index >= 15 is 0 Å². The van der Waals surface area contributed by atoms with E-state index in [9.17, 15) is 14.7 Å². The van der Waals surface area contributed by atoms with Gasteiger partial charge < -0.3 is 19.0 Å². The predicted octanol–water partition coefficient (Wildman–Crippen LogP) is 3.32. The number of benzene rings is 2. The number of rotatable bonds is 4. The molecule has 0 saturated carbocycles. The molecular formula is C18H13ClO6. The Kier molecular flexibility index (Phi) is 4.63. The summed E-state index contributed by atoms with van der Waals surface area (Å²) in [6.07, 6.45) is 1.29. The molecule has 1 aromatic heterocycles. The number of carbonyl (C=O) groups excluding carboxylic acids is 1. The van der Waals surface area contributed by atoms with Gasteiger partial charge >= 0.3 is 5.97 Å². The number of fused-ring (bicyclic) bond motifs is 1. The van der Waals surface area contributed by atoms with Crippen molar-refractivity contribution in [3.8, 4) is 28.4 Å². The van der Waals surface area contributed by atoms with Gasteiger partial charge in [-0.25, -0.2) is 0 Å². The zero-order valence-electron chi connectivity index (χ0n) is 13.1. The molecule has 6 nitrogen and oxygen atoms in total. The van der Waals surface area contributed by atoms with Crippen LogP contribution in [0, 0.1) is 0 Å². The van der Waals surface area contributed by atoms with E-state index in [1.807, 2.05) is 0 Å². The molecule has 0 aliphatic heterocycles. The summed E-state index contributed by atoms with van der Waals surface area (Å²) in [7, 11) is 1.55. The lowest BCUT2D eigenvalue weighted by atomic mass is 10.0. The van der Waals surface area contributed by atoms with Gasteiger partial charge in [-0.05, 0) is 17.7 Å². The molecule has 0 atom stereocenters. The molecule has 2 aromatic carbocycles. The van der Waals surface area contributed by atoms with Gasteiger partial charge in [0.1, 0.15) is 40.4 Å². The molecule has 1 heterocycles. The second-order valence-corrected chi connectivity index (χ2v) is 5.40. The number of phenolic OH excluding ortho intramolecular Hbond substituents is 1. The highest BCUT2D eigenvalue weighted by atomic mass is 35.5. The molecule has 0 aliphatic rings. The molecule has 1 N–H and O–H groups in total. The van der Waals surface area contributed by atoms with Crippen LogP contribution in [0.2, 0.25) is 0 Å². The van der Waals surface area contributed by atoms with Crippen molar-refractivity contribution < 1.29 is 23.8 Å². The van der Waals surface area contributed by atoms with Crippen LogP contribution in [0.3, 0.4) is 0 Å². The Balaban J connectivity index is 2.10. The van der Waals surface area contributed by atoms with E-state index in [-0.39, 0.29) is 33.9 Å². The maximum Gasteiger partial charge on any atom is 0.326 e. The molecule has 7 heteroatoms. The molecule has 3 aromatic rings. The van der Waals surface area contributed by atoms with Crippen molar-refractivity contribution in [2.75, 3.05) is 13.0 Å². The summed E-state index contributed by atoms with van der Waals surface area (Å²) in [5.41, 5.74) is 0.600. The van der Waals surface area contributed by atoms with Gasteiger partial charge in [-0.15, -0.1) is 11.6 Å². The molecule has 0 saturated heterocycles. The highest BCUT2D eigenvalue weighted by Gasteiger charge is 2.15. The summed E-state index contributed by atoms with van der Waals surface area (Å²) in [5, 5.41) is 10.2. The van der Waals surface area contributed by atoms with Gasteiger partial charge in [0.25, 0.3) is 0 Å². The van der Waals surface area contributed by atoms with Crippen molar-refractivity contribution in [1.29, 1.82) is 0 Å². The Labute approximate surface area is 147 Å². The lowest BCUT2D eigenvalue weighted by molar-refractivity contribution is -0.131. The third kappa shape index (κ3) is 3.29. The number of halogens is 1. The van der Waals surface area contributed by atoms with E-state index in [2.05, 4.69) is 0 Å². The average Bonchev–Trinajstić information content (AvgIpc) is 2.61. The second-order valence-electron chi connectivity index (χ2n) is 5.13. The molecule has 0 radical (unpaired) electrons. The number of aromatic hydroxyl groups is 1. The average molecular weight is 361 g/mol. The summed E-state index contributed by atoms with van der Waals surface area (Å²) in [6, 6.07) is 9.37. The topological polar surface area (TPSA) is 86.0 Å². The fourth-order valence-corrected chi connectivity index (χ4v) is 2.45. The third-order valence-electron chi connectivity index (χ3n) is 3.57. The fraction of sp³-hybridized carbons (Fsp3) is 0.111. The highest BCUT2D eigenvalue weighted by molar-refractivity contribution is 6.26. The molecule has 25 heavy (non-hydrogen) atoms. The molecule has 0 aliphatic carbocycles. The van der Waals surface area contributed by atoms with E-state index in [4.69, 9.17) is 25.5 Å². The van der Waals surface area contributed by atoms with Crippen LogP contribution in [0.5, 0.6) is 17.2 Å². The molecule has 0 fully saturated rings. The minimum absolute atomic E-state index is 0.000935. The molecule has 0 bridgehead atoms. The number of carbonyl (C=O) groups is 1. The smallest absolute Gasteiger partial charge is 0.326 e. The minimum Gasteiger partial charge on any atom is -0.507 e. The molecule has 0 unspecified atom stereocenters. The summed E-state index contributed by atoms with van der Waals surface area (Å²) in [5.74, 6) is -0.672. The predicted molar refractivity (Wildman–Crippen MR) is 92.5 cm³/mol. The number of ether oxygens (including phenoxy) is 2. The fourth-order valence-electron chi connectivity index (χ4n) is 2.40. The first-order valence-corrected chi connectivity index (χ1v) is 7.76. The van der Waals surface area contributed by atoms with E-state index < -0.39 is 11.4 Å². The van der Waals surface area contributed by atoms with Gasteiger partial charge in [0.15, 0.2) is 0 Å². The van der Waals surface area contributed by atoms with Crippen molar-refractivity contribution in [3.63, 3.8) is 0 Å². The van der Waals surface area contributed by atoms with Crippen LogP contribution in [0.15, 0.2) is 51.9 Å². The first-order valence-electron chi connectivity index (χ1n) is 7.23. The van der Waals surface area contributed by atoms with Crippen LogP contribution in [0.4, 0.5) is 0 Å². The SMILES string of the molecule is COc1ccc(-c2coc3cc(OC(=O)CCl)cc(O)c3c2=O)cc1. The lowest BCUT2D eigenvalue weighted by Gasteiger charge is -2.07. The minimum atomic E-state index is -0.683. The van der Waals surface area contributed by atoms with Crippen molar-refractivity contribution >= 4 is 28.5 Å². The van der Waals surface area contributed by atoms with E-state index in [0.29, 0.717) is 11.3 Å². The summed E-state index contributed by atoms with van der Waals surface area (Å²) < 4.78 is 15.5. The first kappa shape index (κ1) is 16.9. The number of esters is 1.